The Morgan fingerprint density at radius 2 is 1.20 bits per heavy atom. The normalized spacial score (nSPS) is 19.4. The molecule has 4 nitrogen and oxygen atoms in total. The summed E-state index contributed by atoms with van der Waals surface area (Å²) in [5, 5.41) is 26.3. The van der Waals surface area contributed by atoms with E-state index >= 15 is 0 Å². The summed E-state index contributed by atoms with van der Waals surface area (Å²) in [5.41, 5.74) is 5.82. The molecule has 0 spiro atoms. The lowest BCUT2D eigenvalue weighted by Crippen LogP contribution is -2.41. The van der Waals surface area contributed by atoms with Crippen LogP contribution < -0.4 is 5.32 Å². The summed E-state index contributed by atoms with van der Waals surface area (Å²) >= 11 is 0. The van der Waals surface area contributed by atoms with Crippen molar-refractivity contribution in [2.75, 3.05) is 0 Å². The molecular formula is C36H56N2O2. The van der Waals surface area contributed by atoms with Crippen LogP contribution in [0.5, 0.6) is 11.5 Å². The van der Waals surface area contributed by atoms with Gasteiger partial charge in [-0.1, -0.05) is 114 Å². The molecule has 40 heavy (non-hydrogen) atoms. The molecule has 0 amide bonds. The molecule has 0 heterocycles. The van der Waals surface area contributed by atoms with E-state index in [0.717, 1.165) is 41.5 Å². The molecule has 1 aliphatic carbocycles. The van der Waals surface area contributed by atoms with Crippen molar-refractivity contribution in [3.05, 3.63) is 57.6 Å². The molecule has 1 saturated carbocycles. The summed E-state index contributed by atoms with van der Waals surface area (Å²) < 4.78 is 0. The maximum atomic E-state index is 11.3. The molecule has 1 aliphatic rings. The van der Waals surface area contributed by atoms with Gasteiger partial charge < -0.3 is 15.5 Å². The van der Waals surface area contributed by atoms with Gasteiger partial charge in [-0.3, -0.25) is 4.99 Å². The van der Waals surface area contributed by atoms with Gasteiger partial charge in [-0.05, 0) is 57.3 Å². The lowest BCUT2D eigenvalue weighted by Gasteiger charge is -2.31. The number of nitrogens with one attached hydrogen (secondary N) is 1. The number of nitrogens with zero attached hydrogens (tertiary/aromatic N) is 1. The van der Waals surface area contributed by atoms with Crippen molar-refractivity contribution in [1.29, 1.82) is 0 Å². The van der Waals surface area contributed by atoms with Crippen molar-refractivity contribution in [2.24, 2.45) is 4.99 Å². The van der Waals surface area contributed by atoms with Crippen molar-refractivity contribution < 1.29 is 10.2 Å². The topological polar surface area (TPSA) is 64.9 Å². The van der Waals surface area contributed by atoms with Gasteiger partial charge in [0, 0.05) is 35.5 Å². The number of phenolic OH excluding ortho intramolecular Hbond substituents is 2. The Bertz CT molecular complexity index is 1210. The van der Waals surface area contributed by atoms with Crippen molar-refractivity contribution in [3.63, 3.8) is 0 Å². The summed E-state index contributed by atoms with van der Waals surface area (Å²) in [6, 6.07) is 8.94. The van der Waals surface area contributed by atoms with E-state index in [1.165, 1.54) is 17.5 Å². The smallest absolute Gasteiger partial charge is 0.128 e. The molecule has 3 N–H and O–H groups in total. The molecule has 222 valence electrons. The van der Waals surface area contributed by atoms with Crippen LogP contribution in [-0.2, 0) is 28.2 Å². The third-order valence-corrected chi connectivity index (χ3v) is 8.37. The highest BCUT2D eigenvalue weighted by atomic mass is 16.3. The Balaban J connectivity index is 1.91. The molecule has 0 saturated heterocycles. The first kappa shape index (κ1) is 32.2. The second-order valence-electron chi connectivity index (χ2n) is 16.1. The van der Waals surface area contributed by atoms with E-state index in [9.17, 15) is 10.2 Å². The Hall–Kier alpha value is -2.33. The Morgan fingerprint density at radius 3 is 1.73 bits per heavy atom. The summed E-state index contributed by atoms with van der Waals surface area (Å²) in [7, 11) is 0. The number of rotatable bonds is 5. The number of aromatic hydroxyl groups is 2. The second-order valence-corrected chi connectivity index (χ2v) is 16.1. The van der Waals surface area contributed by atoms with Gasteiger partial charge in [0.15, 0.2) is 0 Å². The zero-order valence-corrected chi connectivity index (χ0v) is 27.4. The lowest BCUT2D eigenvalue weighted by molar-refractivity contribution is 0.326. The van der Waals surface area contributed by atoms with E-state index in [0.29, 0.717) is 18.0 Å². The number of phenols is 2. The minimum absolute atomic E-state index is 0.00435. The van der Waals surface area contributed by atoms with E-state index < -0.39 is 0 Å². The first-order chi connectivity index (χ1) is 18.2. The first-order valence-electron chi connectivity index (χ1n) is 15.2. The molecule has 3 rings (SSSR count). The monoisotopic (exact) mass is 548 g/mol. The Morgan fingerprint density at radius 1 is 0.700 bits per heavy atom. The average molecular weight is 549 g/mol. The fourth-order valence-electron chi connectivity index (χ4n) is 5.54. The standard InChI is InChI=1S/C36H56N2O2/c1-33(2,3)25-17-23(31(39)27(19-25)35(7,8)9)21-37-29-15-13-14-16-30(29)38-22-24-18-26(34(4,5)6)20-28(32(24)40)36(10,11)12/h17-21,29-30,38-40H,13-16,22H2,1-12H3/b37-21+. The predicted molar refractivity (Wildman–Crippen MR) is 171 cm³/mol. The van der Waals surface area contributed by atoms with E-state index in [-0.39, 0.29) is 33.7 Å². The Labute approximate surface area is 244 Å². The number of hydrogen-bond donors (Lipinski definition) is 3. The molecule has 1 fully saturated rings. The molecule has 4 heteroatoms. The number of aliphatic imine (C=N–C) groups is 1. The van der Waals surface area contributed by atoms with Gasteiger partial charge in [-0.2, -0.15) is 0 Å². The predicted octanol–water partition coefficient (Wildman–Crippen LogP) is 8.81. The van der Waals surface area contributed by atoms with Crippen LogP contribution in [0.4, 0.5) is 0 Å². The summed E-state index contributed by atoms with van der Waals surface area (Å²) in [5.74, 6) is 0.741. The van der Waals surface area contributed by atoms with E-state index in [1.807, 2.05) is 6.21 Å². The van der Waals surface area contributed by atoms with Crippen molar-refractivity contribution in [1.82, 2.24) is 5.32 Å². The quantitative estimate of drug-likeness (QED) is 0.327. The van der Waals surface area contributed by atoms with Crippen LogP contribution in [0.25, 0.3) is 0 Å². The average Bonchev–Trinajstić information content (AvgIpc) is 2.80. The van der Waals surface area contributed by atoms with Gasteiger partial charge in [0.05, 0.1) is 6.04 Å². The fourth-order valence-corrected chi connectivity index (χ4v) is 5.54. The molecule has 2 aromatic rings. The van der Waals surface area contributed by atoms with Crippen LogP contribution in [-0.4, -0.2) is 28.5 Å². The molecule has 0 aromatic heterocycles. The van der Waals surface area contributed by atoms with Gasteiger partial charge in [0.1, 0.15) is 11.5 Å². The minimum atomic E-state index is -0.168. The zero-order chi connectivity index (χ0) is 30.3. The van der Waals surface area contributed by atoms with E-state index in [2.05, 4.69) is 113 Å². The lowest BCUT2D eigenvalue weighted by atomic mass is 9.79. The van der Waals surface area contributed by atoms with Crippen LogP contribution in [0, 0.1) is 0 Å². The largest absolute Gasteiger partial charge is 0.507 e. The zero-order valence-electron chi connectivity index (χ0n) is 27.4. The highest BCUT2D eigenvalue weighted by Crippen LogP contribution is 2.39. The molecule has 2 aromatic carbocycles. The highest BCUT2D eigenvalue weighted by molar-refractivity contribution is 5.85. The molecule has 0 aliphatic heterocycles. The maximum absolute atomic E-state index is 11.3. The van der Waals surface area contributed by atoms with Crippen LogP contribution >= 0.6 is 0 Å². The molecule has 0 bridgehead atoms. The van der Waals surface area contributed by atoms with Crippen molar-refractivity contribution in [3.8, 4) is 11.5 Å². The third-order valence-electron chi connectivity index (χ3n) is 8.37. The highest BCUT2D eigenvalue weighted by Gasteiger charge is 2.28. The van der Waals surface area contributed by atoms with Gasteiger partial charge in [-0.25, -0.2) is 0 Å². The van der Waals surface area contributed by atoms with Gasteiger partial charge >= 0.3 is 0 Å². The summed E-state index contributed by atoms with van der Waals surface area (Å²) in [6.07, 6.45) is 6.29. The van der Waals surface area contributed by atoms with Crippen molar-refractivity contribution >= 4 is 6.21 Å². The van der Waals surface area contributed by atoms with Crippen LogP contribution in [0.15, 0.2) is 29.3 Å². The van der Waals surface area contributed by atoms with Gasteiger partial charge in [0.2, 0.25) is 0 Å². The molecule has 2 unspecified atom stereocenters. The second kappa shape index (κ2) is 11.5. The van der Waals surface area contributed by atoms with Crippen LogP contribution in [0.1, 0.15) is 142 Å². The van der Waals surface area contributed by atoms with Crippen LogP contribution in [0.2, 0.25) is 0 Å². The van der Waals surface area contributed by atoms with Gasteiger partial charge in [-0.15, -0.1) is 0 Å². The summed E-state index contributed by atoms with van der Waals surface area (Å²) in [6.45, 7) is 26.8. The van der Waals surface area contributed by atoms with Crippen LogP contribution in [0.3, 0.4) is 0 Å². The third kappa shape index (κ3) is 7.69. The first-order valence-corrected chi connectivity index (χ1v) is 15.2. The number of benzene rings is 2. The van der Waals surface area contributed by atoms with E-state index in [1.54, 1.807) is 0 Å². The summed E-state index contributed by atoms with van der Waals surface area (Å²) in [4.78, 5) is 5.08. The van der Waals surface area contributed by atoms with Crippen molar-refractivity contribution in [2.45, 2.75) is 149 Å². The number of hydrogen-bond acceptors (Lipinski definition) is 4. The Kier molecular flexibility index (Phi) is 9.26. The maximum Gasteiger partial charge on any atom is 0.128 e. The molecular weight excluding hydrogens is 492 g/mol. The molecule has 2 atom stereocenters. The SMILES string of the molecule is CC(C)(C)c1cc(/C=N/C2CCCCC2NCc2cc(C(C)(C)C)cc(C(C)(C)C)c2O)c(O)c(C(C)(C)C)c1. The fraction of sp³-hybridized carbons (Fsp3) is 0.639. The molecule has 0 radical (unpaired) electrons. The minimum Gasteiger partial charge on any atom is -0.507 e. The van der Waals surface area contributed by atoms with E-state index in [4.69, 9.17) is 4.99 Å². The van der Waals surface area contributed by atoms with Gasteiger partial charge in [0.25, 0.3) is 0 Å².